The molecule has 0 aromatic carbocycles. The Kier molecular flexibility index (Phi) is 4.74. The van der Waals surface area contributed by atoms with Crippen LogP contribution >= 0.6 is 0 Å². The molecule has 0 atom stereocenters. The summed E-state index contributed by atoms with van der Waals surface area (Å²) >= 11 is 0. The number of nitrogen functional groups attached to an aromatic ring is 1. The van der Waals surface area contributed by atoms with Crippen molar-refractivity contribution in [2.45, 2.75) is 26.3 Å². The number of hydrogen-bond donors (Lipinski definition) is 2. The van der Waals surface area contributed by atoms with Gasteiger partial charge < -0.3 is 11.1 Å². The summed E-state index contributed by atoms with van der Waals surface area (Å²) in [5.41, 5.74) is 7.55. The summed E-state index contributed by atoms with van der Waals surface area (Å²) in [4.78, 5) is 17.6. The van der Waals surface area contributed by atoms with E-state index in [1.807, 2.05) is 12.1 Å². The van der Waals surface area contributed by atoms with E-state index in [1.165, 1.54) is 0 Å². The Morgan fingerprint density at radius 2 is 2.26 bits per heavy atom. The molecule has 0 unspecified atom stereocenters. The molecule has 5 nitrogen and oxygen atoms in total. The van der Waals surface area contributed by atoms with Gasteiger partial charge in [0.25, 0.3) is 0 Å². The van der Waals surface area contributed by atoms with Crippen molar-refractivity contribution < 1.29 is 4.79 Å². The van der Waals surface area contributed by atoms with Gasteiger partial charge in [0.1, 0.15) is 0 Å². The lowest BCUT2D eigenvalue weighted by Crippen LogP contribution is -2.37. The van der Waals surface area contributed by atoms with E-state index < -0.39 is 0 Å². The molecule has 1 aromatic heterocycles. The molecule has 5 heteroatoms. The standard InChI is InChI=1S/C14H22N4O/c1-11(19)17-9-12-3-6-18(7-4-12)10-14-8-13(15)2-5-16-14/h2,5,8,12H,3-4,6-7,9-10H2,1H3,(H2,15,16)(H,17,19). The minimum absolute atomic E-state index is 0.0615. The van der Waals surface area contributed by atoms with Crippen LogP contribution in [-0.4, -0.2) is 35.4 Å². The second kappa shape index (κ2) is 6.52. The van der Waals surface area contributed by atoms with Gasteiger partial charge in [-0.2, -0.15) is 0 Å². The molecule has 3 N–H and O–H groups in total. The molecule has 0 radical (unpaired) electrons. The number of likely N-dealkylation sites (tertiary alicyclic amines) is 1. The summed E-state index contributed by atoms with van der Waals surface area (Å²) in [5.74, 6) is 0.667. The maximum atomic E-state index is 10.9. The molecule has 2 heterocycles. The van der Waals surface area contributed by atoms with Crippen molar-refractivity contribution in [3.05, 3.63) is 24.0 Å². The van der Waals surface area contributed by atoms with Gasteiger partial charge in [0.05, 0.1) is 5.69 Å². The number of amides is 1. The molecule has 0 bridgehead atoms. The predicted molar refractivity (Wildman–Crippen MR) is 75.3 cm³/mol. The van der Waals surface area contributed by atoms with Gasteiger partial charge in [-0.3, -0.25) is 14.7 Å². The Morgan fingerprint density at radius 3 is 2.89 bits per heavy atom. The van der Waals surface area contributed by atoms with Crippen LogP contribution in [0.4, 0.5) is 5.69 Å². The van der Waals surface area contributed by atoms with Gasteiger partial charge in [0, 0.05) is 31.9 Å². The van der Waals surface area contributed by atoms with Crippen LogP contribution < -0.4 is 11.1 Å². The zero-order valence-corrected chi connectivity index (χ0v) is 11.4. The van der Waals surface area contributed by atoms with E-state index in [-0.39, 0.29) is 5.91 Å². The summed E-state index contributed by atoms with van der Waals surface area (Å²) in [6, 6.07) is 3.74. The Balaban J connectivity index is 1.75. The number of pyridine rings is 1. The largest absolute Gasteiger partial charge is 0.399 e. The lowest BCUT2D eigenvalue weighted by molar-refractivity contribution is -0.119. The topological polar surface area (TPSA) is 71.2 Å². The molecule has 1 aromatic rings. The second-order valence-electron chi connectivity index (χ2n) is 5.24. The highest BCUT2D eigenvalue weighted by atomic mass is 16.1. The lowest BCUT2D eigenvalue weighted by Gasteiger charge is -2.31. The van der Waals surface area contributed by atoms with Crippen LogP contribution in [0.25, 0.3) is 0 Å². The minimum Gasteiger partial charge on any atom is -0.399 e. The van der Waals surface area contributed by atoms with Gasteiger partial charge in [0.2, 0.25) is 5.91 Å². The van der Waals surface area contributed by atoms with E-state index >= 15 is 0 Å². The van der Waals surface area contributed by atoms with Crippen molar-refractivity contribution in [1.29, 1.82) is 0 Å². The highest BCUT2D eigenvalue weighted by Gasteiger charge is 2.19. The van der Waals surface area contributed by atoms with Crippen molar-refractivity contribution in [1.82, 2.24) is 15.2 Å². The number of aromatic nitrogens is 1. The quantitative estimate of drug-likeness (QED) is 0.849. The highest BCUT2D eigenvalue weighted by Crippen LogP contribution is 2.18. The predicted octanol–water partition coefficient (Wildman–Crippen LogP) is 1.01. The molecular formula is C14H22N4O. The Bertz CT molecular complexity index is 427. The monoisotopic (exact) mass is 262 g/mol. The summed E-state index contributed by atoms with van der Waals surface area (Å²) < 4.78 is 0. The van der Waals surface area contributed by atoms with Crippen LogP contribution in [0.1, 0.15) is 25.5 Å². The van der Waals surface area contributed by atoms with E-state index in [1.54, 1.807) is 13.1 Å². The van der Waals surface area contributed by atoms with Gasteiger partial charge in [0.15, 0.2) is 0 Å². The van der Waals surface area contributed by atoms with E-state index in [0.717, 1.165) is 50.4 Å². The third-order valence-corrected chi connectivity index (χ3v) is 3.57. The third kappa shape index (κ3) is 4.52. The Morgan fingerprint density at radius 1 is 1.53 bits per heavy atom. The smallest absolute Gasteiger partial charge is 0.216 e. The molecule has 1 aliphatic rings. The zero-order chi connectivity index (χ0) is 13.7. The average molecular weight is 262 g/mol. The van der Waals surface area contributed by atoms with Gasteiger partial charge in [-0.25, -0.2) is 0 Å². The molecule has 0 spiro atoms. The molecule has 1 saturated heterocycles. The first kappa shape index (κ1) is 13.8. The first-order valence-electron chi connectivity index (χ1n) is 6.80. The Hall–Kier alpha value is -1.62. The maximum Gasteiger partial charge on any atom is 0.216 e. The first-order valence-corrected chi connectivity index (χ1v) is 6.80. The average Bonchev–Trinajstić information content (AvgIpc) is 2.38. The fourth-order valence-electron chi connectivity index (χ4n) is 2.45. The molecule has 0 saturated carbocycles. The lowest BCUT2D eigenvalue weighted by atomic mass is 9.96. The van der Waals surface area contributed by atoms with E-state index in [2.05, 4.69) is 15.2 Å². The fourth-order valence-corrected chi connectivity index (χ4v) is 2.45. The number of nitrogens with zero attached hydrogens (tertiary/aromatic N) is 2. The van der Waals surface area contributed by atoms with Crippen LogP contribution in [0.2, 0.25) is 0 Å². The number of carbonyl (C=O) groups excluding carboxylic acids is 1. The van der Waals surface area contributed by atoms with Crippen LogP contribution in [0.3, 0.4) is 0 Å². The van der Waals surface area contributed by atoms with E-state index in [4.69, 9.17) is 5.73 Å². The summed E-state index contributed by atoms with van der Waals surface area (Å²) in [6.07, 6.45) is 4.01. The van der Waals surface area contributed by atoms with Crippen molar-refractivity contribution in [2.24, 2.45) is 5.92 Å². The molecule has 0 aliphatic carbocycles. The number of piperidine rings is 1. The maximum absolute atomic E-state index is 10.9. The third-order valence-electron chi connectivity index (χ3n) is 3.57. The second-order valence-corrected chi connectivity index (χ2v) is 5.24. The normalized spacial score (nSPS) is 17.3. The SMILES string of the molecule is CC(=O)NCC1CCN(Cc2cc(N)ccn2)CC1. The van der Waals surface area contributed by atoms with E-state index in [0.29, 0.717) is 5.92 Å². The highest BCUT2D eigenvalue weighted by molar-refractivity contribution is 5.72. The Labute approximate surface area is 114 Å². The van der Waals surface area contributed by atoms with Crippen LogP contribution in [-0.2, 0) is 11.3 Å². The number of anilines is 1. The van der Waals surface area contributed by atoms with Crippen molar-refractivity contribution in [3.63, 3.8) is 0 Å². The van der Waals surface area contributed by atoms with Crippen molar-refractivity contribution in [3.8, 4) is 0 Å². The number of carbonyl (C=O) groups is 1. The molecular weight excluding hydrogens is 240 g/mol. The van der Waals surface area contributed by atoms with E-state index in [9.17, 15) is 4.79 Å². The number of rotatable bonds is 4. The fraction of sp³-hybridized carbons (Fsp3) is 0.571. The summed E-state index contributed by atoms with van der Waals surface area (Å²) in [5, 5.41) is 2.90. The van der Waals surface area contributed by atoms with Crippen LogP contribution in [0.5, 0.6) is 0 Å². The molecule has 104 valence electrons. The van der Waals surface area contributed by atoms with Gasteiger partial charge in [-0.1, -0.05) is 0 Å². The molecule has 1 aliphatic heterocycles. The molecule has 1 fully saturated rings. The summed E-state index contributed by atoms with van der Waals surface area (Å²) in [7, 11) is 0. The van der Waals surface area contributed by atoms with Crippen LogP contribution in [0, 0.1) is 5.92 Å². The van der Waals surface area contributed by atoms with Gasteiger partial charge in [-0.05, 0) is 44.0 Å². The first-order chi connectivity index (χ1) is 9.13. The van der Waals surface area contributed by atoms with Crippen molar-refractivity contribution >= 4 is 11.6 Å². The van der Waals surface area contributed by atoms with Crippen molar-refractivity contribution in [2.75, 3.05) is 25.4 Å². The number of nitrogens with one attached hydrogen (secondary N) is 1. The number of nitrogens with two attached hydrogens (primary N) is 1. The molecule has 19 heavy (non-hydrogen) atoms. The molecule has 2 rings (SSSR count). The molecule has 1 amide bonds. The van der Waals surface area contributed by atoms with Gasteiger partial charge >= 0.3 is 0 Å². The zero-order valence-electron chi connectivity index (χ0n) is 11.4. The summed E-state index contributed by atoms with van der Waals surface area (Å²) in [6.45, 7) is 5.35. The number of hydrogen-bond acceptors (Lipinski definition) is 4. The van der Waals surface area contributed by atoms with Crippen LogP contribution in [0.15, 0.2) is 18.3 Å². The van der Waals surface area contributed by atoms with Gasteiger partial charge in [-0.15, -0.1) is 0 Å². The minimum atomic E-state index is 0.0615.